The average molecular weight is 239 g/mol. The molecule has 0 fully saturated rings. The van der Waals surface area contributed by atoms with Gasteiger partial charge in [0.05, 0.1) is 5.52 Å². The molecule has 1 aromatic carbocycles. The summed E-state index contributed by atoms with van der Waals surface area (Å²) in [5.74, 6) is 0.450. The van der Waals surface area contributed by atoms with Crippen molar-refractivity contribution in [2.75, 3.05) is 0 Å². The van der Waals surface area contributed by atoms with Crippen LogP contribution < -0.4 is 0 Å². The Kier molecular flexibility index (Phi) is 2.24. The van der Waals surface area contributed by atoms with Gasteiger partial charge in [0.2, 0.25) is 0 Å². The molecule has 0 aliphatic heterocycles. The maximum atomic E-state index is 8.83. The third-order valence-electron chi connectivity index (χ3n) is 1.74. The molecule has 1 heterocycles. The van der Waals surface area contributed by atoms with Gasteiger partial charge in [-0.1, -0.05) is 22.0 Å². The molecule has 2 rings (SSSR count). The summed E-state index contributed by atoms with van der Waals surface area (Å²) in [4.78, 5) is 8.14. The van der Waals surface area contributed by atoms with Crippen molar-refractivity contribution in [3.63, 3.8) is 0 Å². The molecule has 0 atom stereocenters. The fourth-order valence-corrected chi connectivity index (χ4v) is 1.46. The van der Waals surface area contributed by atoms with Gasteiger partial charge < -0.3 is 5.11 Å². The number of rotatable bonds is 1. The van der Waals surface area contributed by atoms with Crippen LogP contribution in [-0.2, 0) is 6.61 Å². The van der Waals surface area contributed by atoms with Crippen LogP contribution in [0.1, 0.15) is 5.82 Å². The Morgan fingerprint density at radius 2 is 2.23 bits per heavy atom. The van der Waals surface area contributed by atoms with E-state index >= 15 is 0 Å². The molecule has 0 saturated heterocycles. The van der Waals surface area contributed by atoms with E-state index in [1.807, 2.05) is 18.2 Å². The number of benzene rings is 1. The van der Waals surface area contributed by atoms with Crippen molar-refractivity contribution < 1.29 is 5.11 Å². The first-order valence-electron chi connectivity index (χ1n) is 3.81. The standard InChI is InChI=1S/C9H7BrN2O/c10-7-2-1-6-4-11-9(5-13)12-8(6)3-7/h1-4,13H,5H2. The second-order valence-corrected chi connectivity index (χ2v) is 3.56. The quantitative estimate of drug-likeness (QED) is 0.826. The molecule has 66 valence electrons. The van der Waals surface area contributed by atoms with Crippen LogP contribution in [0.4, 0.5) is 0 Å². The van der Waals surface area contributed by atoms with E-state index in [0.29, 0.717) is 5.82 Å². The van der Waals surface area contributed by atoms with E-state index in [2.05, 4.69) is 25.9 Å². The Morgan fingerprint density at radius 3 is 3.00 bits per heavy atom. The van der Waals surface area contributed by atoms with Gasteiger partial charge in [0.1, 0.15) is 6.61 Å². The zero-order valence-corrected chi connectivity index (χ0v) is 8.32. The second-order valence-electron chi connectivity index (χ2n) is 2.65. The van der Waals surface area contributed by atoms with Crippen LogP contribution in [0, 0.1) is 0 Å². The lowest BCUT2D eigenvalue weighted by Crippen LogP contribution is -1.93. The molecule has 0 bridgehead atoms. The van der Waals surface area contributed by atoms with Gasteiger partial charge >= 0.3 is 0 Å². The van der Waals surface area contributed by atoms with Crippen LogP contribution in [0.15, 0.2) is 28.9 Å². The van der Waals surface area contributed by atoms with Gasteiger partial charge in [-0.15, -0.1) is 0 Å². The summed E-state index contributed by atoms with van der Waals surface area (Å²) in [7, 11) is 0. The van der Waals surface area contributed by atoms with Crippen LogP contribution in [0.2, 0.25) is 0 Å². The number of aliphatic hydroxyl groups is 1. The van der Waals surface area contributed by atoms with Crippen molar-refractivity contribution in [3.8, 4) is 0 Å². The summed E-state index contributed by atoms with van der Waals surface area (Å²) in [5.41, 5.74) is 0.841. The number of fused-ring (bicyclic) bond motifs is 1. The molecule has 1 N–H and O–H groups in total. The minimum atomic E-state index is -0.123. The van der Waals surface area contributed by atoms with Gasteiger partial charge in [0.25, 0.3) is 0 Å². The SMILES string of the molecule is OCc1ncc2ccc(Br)cc2n1. The Morgan fingerprint density at radius 1 is 1.38 bits per heavy atom. The molecule has 13 heavy (non-hydrogen) atoms. The smallest absolute Gasteiger partial charge is 0.154 e. The predicted octanol–water partition coefficient (Wildman–Crippen LogP) is 1.88. The third-order valence-corrected chi connectivity index (χ3v) is 2.23. The Hall–Kier alpha value is -1.00. The molecule has 0 saturated carbocycles. The predicted molar refractivity (Wildman–Crippen MR) is 53.2 cm³/mol. The van der Waals surface area contributed by atoms with Crippen LogP contribution in [0.3, 0.4) is 0 Å². The first-order chi connectivity index (χ1) is 6.29. The van der Waals surface area contributed by atoms with Crippen molar-refractivity contribution in [3.05, 3.63) is 34.7 Å². The summed E-state index contributed by atoms with van der Waals surface area (Å²) < 4.78 is 0.975. The van der Waals surface area contributed by atoms with Crippen molar-refractivity contribution in [2.24, 2.45) is 0 Å². The van der Waals surface area contributed by atoms with Gasteiger partial charge in [-0.3, -0.25) is 0 Å². The van der Waals surface area contributed by atoms with Crippen LogP contribution >= 0.6 is 15.9 Å². The van der Waals surface area contributed by atoms with E-state index in [4.69, 9.17) is 5.11 Å². The highest BCUT2D eigenvalue weighted by atomic mass is 79.9. The van der Waals surface area contributed by atoms with E-state index in [1.54, 1.807) is 6.20 Å². The van der Waals surface area contributed by atoms with Crippen LogP contribution in [0.25, 0.3) is 10.9 Å². The number of hydrogen-bond donors (Lipinski definition) is 1. The largest absolute Gasteiger partial charge is 0.388 e. The topological polar surface area (TPSA) is 46.0 Å². The van der Waals surface area contributed by atoms with Gasteiger partial charge in [-0.25, -0.2) is 9.97 Å². The second kappa shape index (κ2) is 3.40. The molecule has 2 aromatic rings. The van der Waals surface area contributed by atoms with Crippen molar-refractivity contribution in [1.82, 2.24) is 9.97 Å². The third kappa shape index (κ3) is 1.68. The van der Waals surface area contributed by atoms with Crippen LogP contribution in [0.5, 0.6) is 0 Å². The molecule has 3 nitrogen and oxygen atoms in total. The Bertz CT molecular complexity index is 445. The average Bonchev–Trinajstić information content (AvgIpc) is 2.16. The molecule has 0 spiro atoms. The summed E-state index contributed by atoms with van der Waals surface area (Å²) >= 11 is 3.36. The molecule has 4 heteroatoms. The summed E-state index contributed by atoms with van der Waals surface area (Å²) in [6.07, 6.45) is 1.71. The number of halogens is 1. The van der Waals surface area contributed by atoms with Gasteiger partial charge in [0.15, 0.2) is 5.82 Å². The summed E-state index contributed by atoms with van der Waals surface area (Å²) in [6.45, 7) is -0.123. The highest BCUT2D eigenvalue weighted by molar-refractivity contribution is 9.10. The maximum Gasteiger partial charge on any atom is 0.154 e. The fourth-order valence-electron chi connectivity index (χ4n) is 1.11. The van der Waals surface area contributed by atoms with Gasteiger partial charge in [-0.05, 0) is 12.1 Å². The van der Waals surface area contributed by atoms with Gasteiger partial charge in [0, 0.05) is 16.1 Å². The van der Waals surface area contributed by atoms with E-state index in [1.165, 1.54) is 0 Å². The molecule has 0 unspecified atom stereocenters. The van der Waals surface area contributed by atoms with Crippen molar-refractivity contribution in [1.29, 1.82) is 0 Å². The van der Waals surface area contributed by atoms with E-state index < -0.39 is 0 Å². The Balaban J connectivity index is 2.68. The minimum Gasteiger partial charge on any atom is -0.388 e. The molecule has 1 aromatic heterocycles. The van der Waals surface area contributed by atoms with E-state index in [-0.39, 0.29) is 6.61 Å². The zero-order chi connectivity index (χ0) is 9.26. The van der Waals surface area contributed by atoms with E-state index in [0.717, 1.165) is 15.4 Å². The summed E-state index contributed by atoms with van der Waals surface area (Å²) in [5, 5.41) is 9.80. The maximum absolute atomic E-state index is 8.83. The molecule has 0 amide bonds. The molecule has 0 radical (unpaired) electrons. The first-order valence-corrected chi connectivity index (χ1v) is 4.61. The highest BCUT2D eigenvalue weighted by Crippen LogP contribution is 2.17. The fraction of sp³-hybridized carbons (Fsp3) is 0.111. The molecule has 0 aliphatic rings. The number of hydrogen-bond acceptors (Lipinski definition) is 3. The minimum absolute atomic E-state index is 0.123. The van der Waals surface area contributed by atoms with Crippen molar-refractivity contribution in [2.45, 2.75) is 6.61 Å². The first kappa shape index (κ1) is 8.59. The lowest BCUT2D eigenvalue weighted by Gasteiger charge is -1.99. The number of aliphatic hydroxyl groups excluding tert-OH is 1. The zero-order valence-electron chi connectivity index (χ0n) is 6.74. The molecular weight excluding hydrogens is 232 g/mol. The Labute approximate surface area is 83.6 Å². The lowest BCUT2D eigenvalue weighted by molar-refractivity contribution is 0.272. The van der Waals surface area contributed by atoms with Crippen LogP contribution in [-0.4, -0.2) is 15.1 Å². The lowest BCUT2D eigenvalue weighted by atomic mass is 10.2. The van der Waals surface area contributed by atoms with Crippen molar-refractivity contribution >= 4 is 26.8 Å². The molecular formula is C9H7BrN2O. The number of aromatic nitrogens is 2. The van der Waals surface area contributed by atoms with E-state index in [9.17, 15) is 0 Å². The highest BCUT2D eigenvalue weighted by Gasteiger charge is 1.98. The number of nitrogens with zero attached hydrogens (tertiary/aromatic N) is 2. The monoisotopic (exact) mass is 238 g/mol. The summed E-state index contributed by atoms with van der Waals surface area (Å²) in [6, 6.07) is 5.76. The molecule has 0 aliphatic carbocycles. The van der Waals surface area contributed by atoms with Gasteiger partial charge in [-0.2, -0.15) is 0 Å². The normalized spacial score (nSPS) is 10.6.